The summed E-state index contributed by atoms with van der Waals surface area (Å²) in [6, 6.07) is 2.81. The maximum Gasteiger partial charge on any atom is 0.357 e. The van der Waals surface area contributed by atoms with Gasteiger partial charge in [0.25, 0.3) is 0 Å². The first kappa shape index (κ1) is 9.45. The van der Waals surface area contributed by atoms with Crippen LogP contribution in [-0.4, -0.2) is 32.3 Å². The third kappa shape index (κ3) is 1.61. The number of aromatic hydroxyl groups is 1. The Morgan fingerprint density at radius 2 is 2.47 bits per heavy atom. The van der Waals surface area contributed by atoms with Gasteiger partial charge in [-0.3, -0.25) is 0 Å². The van der Waals surface area contributed by atoms with Gasteiger partial charge in [-0.1, -0.05) is 0 Å². The van der Waals surface area contributed by atoms with Gasteiger partial charge in [0.2, 0.25) is 5.88 Å². The Hall–Kier alpha value is -2.11. The Bertz CT molecular complexity index is 506. The molecule has 0 aliphatic rings. The summed E-state index contributed by atoms with van der Waals surface area (Å²) >= 11 is 0. The number of carbonyl (C=O) groups is 1. The van der Waals surface area contributed by atoms with Crippen molar-refractivity contribution in [1.29, 1.82) is 0 Å². The molecule has 2 heterocycles. The SMILES string of the molecule is CCOC(=O)c1cc(O)n2nccc2n1. The minimum absolute atomic E-state index is 0.0716. The summed E-state index contributed by atoms with van der Waals surface area (Å²) in [4.78, 5) is 15.3. The molecule has 0 unspecified atom stereocenters. The largest absolute Gasteiger partial charge is 0.493 e. The quantitative estimate of drug-likeness (QED) is 0.730. The lowest BCUT2D eigenvalue weighted by molar-refractivity contribution is 0.0519. The van der Waals surface area contributed by atoms with Crippen molar-refractivity contribution < 1.29 is 14.6 Å². The van der Waals surface area contributed by atoms with Crippen LogP contribution < -0.4 is 0 Å². The average Bonchev–Trinajstić information content (AvgIpc) is 2.66. The van der Waals surface area contributed by atoms with E-state index in [4.69, 9.17) is 4.74 Å². The van der Waals surface area contributed by atoms with Gasteiger partial charge in [0, 0.05) is 12.1 Å². The van der Waals surface area contributed by atoms with Crippen LogP contribution in [0.15, 0.2) is 18.3 Å². The van der Waals surface area contributed by atoms with Crippen LogP contribution in [0.25, 0.3) is 5.65 Å². The van der Waals surface area contributed by atoms with Crippen LogP contribution in [0.3, 0.4) is 0 Å². The molecule has 0 aliphatic carbocycles. The summed E-state index contributed by atoms with van der Waals surface area (Å²) in [5.41, 5.74) is 0.473. The second-order valence-corrected chi connectivity index (χ2v) is 2.82. The van der Waals surface area contributed by atoms with E-state index in [0.29, 0.717) is 5.65 Å². The van der Waals surface area contributed by atoms with Crippen molar-refractivity contribution in [3.05, 3.63) is 24.0 Å². The van der Waals surface area contributed by atoms with Gasteiger partial charge in [0.15, 0.2) is 11.3 Å². The summed E-state index contributed by atoms with van der Waals surface area (Å²) in [5.74, 6) is -0.704. The minimum atomic E-state index is -0.559. The lowest BCUT2D eigenvalue weighted by Gasteiger charge is -2.02. The van der Waals surface area contributed by atoms with Crippen molar-refractivity contribution in [3.63, 3.8) is 0 Å². The van der Waals surface area contributed by atoms with Crippen LogP contribution in [0.1, 0.15) is 17.4 Å². The van der Waals surface area contributed by atoms with Crippen LogP contribution in [0, 0.1) is 0 Å². The van der Waals surface area contributed by atoms with Crippen molar-refractivity contribution in [2.45, 2.75) is 6.92 Å². The summed E-state index contributed by atoms with van der Waals surface area (Å²) in [6.07, 6.45) is 1.48. The summed E-state index contributed by atoms with van der Waals surface area (Å²) in [7, 11) is 0. The molecular weight excluding hydrogens is 198 g/mol. The Kier molecular flexibility index (Phi) is 2.24. The molecule has 0 radical (unpaired) electrons. The predicted octanol–water partition coefficient (Wildman–Crippen LogP) is 0.612. The molecule has 0 bridgehead atoms. The van der Waals surface area contributed by atoms with Gasteiger partial charge in [-0.2, -0.15) is 9.61 Å². The van der Waals surface area contributed by atoms with E-state index in [1.807, 2.05) is 0 Å². The van der Waals surface area contributed by atoms with Crippen LogP contribution in [0.4, 0.5) is 0 Å². The van der Waals surface area contributed by atoms with E-state index in [0.717, 1.165) is 0 Å². The highest BCUT2D eigenvalue weighted by Crippen LogP contribution is 2.13. The van der Waals surface area contributed by atoms with Gasteiger partial charge >= 0.3 is 5.97 Å². The number of fused-ring (bicyclic) bond motifs is 1. The fraction of sp³-hybridized carbons (Fsp3) is 0.222. The fourth-order valence-electron chi connectivity index (χ4n) is 1.21. The van der Waals surface area contributed by atoms with E-state index < -0.39 is 5.97 Å². The topological polar surface area (TPSA) is 76.7 Å². The molecule has 0 fully saturated rings. The molecule has 15 heavy (non-hydrogen) atoms. The molecule has 0 aromatic carbocycles. The second-order valence-electron chi connectivity index (χ2n) is 2.82. The summed E-state index contributed by atoms with van der Waals surface area (Å²) in [5, 5.41) is 13.3. The molecule has 0 spiro atoms. The molecule has 6 heteroatoms. The average molecular weight is 207 g/mol. The molecule has 0 atom stereocenters. The molecular formula is C9H9N3O3. The van der Waals surface area contributed by atoms with E-state index in [9.17, 15) is 9.90 Å². The van der Waals surface area contributed by atoms with E-state index in [1.165, 1.54) is 16.8 Å². The highest BCUT2D eigenvalue weighted by molar-refractivity contribution is 5.88. The molecule has 2 aromatic heterocycles. The Morgan fingerprint density at radius 1 is 1.67 bits per heavy atom. The number of hydrogen-bond donors (Lipinski definition) is 1. The molecule has 2 aromatic rings. The molecule has 6 nitrogen and oxygen atoms in total. The Balaban J connectivity index is 2.49. The number of carbonyl (C=O) groups excluding carboxylic acids is 1. The van der Waals surface area contributed by atoms with Crippen molar-refractivity contribution in [2.75, 3.05) is 6.61 Å². The molecule has 78 valence electrons. The first-order chi connectivity index (χ1) is 7.22. The summed E-state index contributed by atoms with van der Waals surface area (Å²) < 4.78 is 5.99. The monoisotopic (exact) mass is 207 g/mol. The van der Waals surface area contributed by atoms with Gasteiger partial charge in [-0.25, -0.2) is 9.78 Å². The van der Waals surface area contributed by atoms with Gasteiger partial charge in [-0.15, -0.1) is 0 Å². The maximum absolute atomic E-state index is 11.3. The van der Waals surface area contributed by atoms with Gasteiger partial charge < -0.3 is 9.84 Å². The van der Waals surface area contributed by atoms with E-state index in [1.54, 1.807) is 13.0 Å². The van der Waals surface area contributed by atoms with Crippen molar-refractivity contribution in [2.24, 2.45) is 0 Å². The van der Waals surface area contributed by atoms with Crippen molar-refractivity contribution in [1.82, 2.24) is 14.6 Å². The fourth-order valence-corrected chi connectivity index (χ4v) is 1.21. The highest BCUT2D eigenvalue weighted by atomic mass is 16.5. The van der Waals surface area contributed by atoms with Crippen LogP contribution in [0.2, 0.25) is 0 Å². The normalized spacial score (nSPS) is 10.5. The third-order valence-electron chi connectivity index (χ3n) is 1.83. The Morgan fingerprint density at radius 3 is 3.20 bits per heavy atom. The zero-order valence-corrected chi connectivity index (χ0v) is 8.04. The van der Waals surface area contributed by atoms with Crippen LogP contribution >= 0.6 is 0 Å². The second kappa shape index (κ2) is 3.56. The minimum Gasteiger partial charge on any atom is -0.493 e. The van der Waals surface area contributed by atoms with Crippen LogP contribution in [-0.2, 0) is 4.74 Å². The van der Waals surface area contributed by atoms with Crippen LogP contribution in [0.5, 0.6) is 5.88 Å². The number of rotatable bonds is 2. The van der Waals surface area contributed by atoms with E-state index >= 15 is 0 Å². The van der Waals surface area contributed by atoms with Gasteiger partial charge in [0.05, 0.1) is 12.8 Å². The zero-order chi connectivity index (χ0) is 10.8. The molecule has 0 aliphatic heterocycles. The van der Waals surface area contributed by atoms with Crippen molar-refractivity contribution in [3.8, 4) is 5.88 Å². The number of aromatic nitrogens is 3. The first-order valence-electron chi connectivity index (χ1n) is 4.43. The maximum atomic E-state index is 11.3. The van der Waals surface area contributed by atoms with Gasteiger partial charge in [-0.05, 0) is 6.92 Å². The van der Waals surface area contributed by atoms with E-state index in [2.05, 4.69) is 10.1 Å². The molecule has 0 saturated heterocycles. The highest BCUT2D eigenvalue weighted by Gasteiger charge is 2.12. The van der Waals surface area contributed by atoms with Crippen molar-refractivity contribution >= 4 is 11.6 Å². The first-order valence-corrected chi connectivity index (χ1v) is 4.43. The summed E-state index contributed by atoms with van der Waals surface area (Å²) in [6.45, 7) is 1.97. The molecule has 2 rings (SSSR count). The smallest absolute Gasteiger partial charge is 0.357 e. The zero-order valence-electron chi connectivity index (χ0n) is 8.04. The standard InChI is InChI=1S/C9H9N3O3/c1-2-15-9(14)6-5-8(13)12-7(11-6)3-4-10-12/h3-5,13H,2H2,1H3. The number of esters is 1. The lowest BCUT2D eigenvalue weighted by Crippen LogP contribution is -2.08. The van der Waals surface area contributed by atoms with E-state index in [-0.39, 0.29) is 18.2 Å². The Labute approximate surface area is 85.1 Å². The van der Waals surface area contributed by atoms with Gasteiger partial charge in [0.1, 0.15) is 0 Å². The lowest BCUT2D eigenvalue weighted by atomic mass is 10.4. The number of hydrogen-bond acceptors (Lipinski definition) is 5. The molecule has 0 saturated carbocycles. The third-order valence-corrected chi connectivity index (χ3v) is 1.83. The molecule has 0 amide bonds. The predicted molar refractivity (Wildman–Crippen MR) is 50.6 cm³/mol. The molecule has 1 N–H and O–H groups in total. The number of ether oxygens (including phenoxy) is 1. The number of nitrogens with zero attached hydrogens (tertiary/aromatic N) is 3.